The van der Waals surface area contributed by atoms with Gasteiger partial charge in [-0.2, -0.15) is 0 Å². The number of amides is 1. The minimum Gasteiger partial charge on any atom is -0.487 e. The third-order valence-electron chi connectivity index (χ3n) is 4.57. The Morgan fingerprint density at radius 3 is 2.74 bits per heavy atom. The van der Waals surface area contributed by atoms with E-state index < -0.39 is 0 Å². The number of nitrogens with one attached hydrogen (secondary N) is 1. The summed E-state index contributed by atoms with van der Waals surface area (Å²) >= 11 is 5.88. The lowest BCUT2D eigenvalue weighted by atomic mass is 10.0. The Morgan fingerprint density at radius 1 is 1.11 bits per heavy atom. The van der Waals surface area contributed by atoms with E-state index in [-0.39, 0.29) is 12.0 Å². The van der Waals surface area contributed by atoms with Crippen LogP contribution < -0.4 is 10.1 Å². The van der Waals surface area contributed by atoms with Crippen molar-refractivity contribution in [2.24, 2.45) is 0 Å². The van der Waals surface area contributed by atoms with Crippen molar-refractivity contribution in [3.63, 3.8) is 0 Å². The van der Waals surface area contributed by atoms with Crippen LogP contribution in [0.5, 0.6) is 5.75 Å². The Bertz CT molecular complexity index is 942. The van der Waals surface area contributed by atoms with E-state index in [1.54, 1.807) is 18.3 Å². The first-order valence-corrected chi connectivity index (χ1v) is 9.28. The van der Waals surface area contributed by atoms with Gasteiger partial charge in [-0.05, 0) is 41.5 Å². The van der Waals surface area contributed by atoms with Crippen LogP contribution in [0.2, 0.25) is 5.02 Å². The maximum atomic E-state index is 12.2. The van der Waals surface area contributed by atoms with Crippen LogP contribution in [0.4, 0.5) is 0 Å². The third kappa shape index (κ3) is 4.12. The number of carbonyl (C=O) groups excluding carboxylic acids is 1. The topological polar surface area (TPSA) is 51.2 Å². The highest BCUT2D eigenvalue weighted by molar-refractivity contribution is 6.30. The van der Waals surface area contributed by atoms with Crippen molar-refractivity contribution >= 4 is 17.5 Å². The Kier molecular flexibility index (Phi) is 5.07. The molecule has 4 rings (SSSR count). The number of pyridine rings is 1. The summed E-state index contributed by atoms with van der Waals surface area (Å²) in [5.74, 6) is 0.843. The van der Waals surface area contributed by atoms with Gasteiger partial charge in [-0.1, -0.05) is 41.9 Å². The zero-order valence-electron chi connectivity index (χ0n) is 14.7. The molecule has 1 aromatic heterocycles. The molecular weight excluding hydrogens is 360 g/mol. The highest BCUT2D eigenvalue weighted by Gasteiger charge is 2.26. The zero-order chi connectivity index (χ0) is 18.6. The molecule has 3 aromatic rings. The minimum absolute atomic E-state index is 0.0261. The van der Waals surface area contributed by atoms with Crippen LogP contribution in [0.15, 0.2) is 66.9 Å². The molecule has 0 saturated heterocycles. The van der Waals surface area contributed by atoms with Crippen LogP contribution in [0.1, 0.15) is 11.1 Å². The predicted octanol–water partition coefficient (Wildman–Crippen LogP) is 4.06. The average molecular weight is 379 g/mol. The summed E-state index contributed by atoms with van der Waals surface area (Å²) < 4.78 is 6.14. The number of fused-ring (bicyclic) bond motifs is 1. The van der Waals surface area contributed by atoms with E-state index in [4.69, 9.17) is 16.3 Å². The molecule has 1 atom stereocenters. The number of rotatable bonds is 5. The monoisotopic (exact) mass is 378 g/mol. The van der Waals surface area contributed by atoms with Gasteiger partial charge in [0.05, 0.1) is 18.7 Å². The molecule has 5 heteroatoms. The number of hydrogen-bond donors (Lipinski definition) is 1. The predicted molar refractivity (Wildman–Crippen MR) is 106 cm³/mol. The Balaban J connectivity index is 1.38. The summed E-state index contributed by atoms with van der Waals surface area (Å²) in [6.07, 6.45) is 2.81. The summed E-state index contributed by atoms with van der Waals surface area (Å²) in [7, 11) is 0. The molecule has 1 amide bonds. The number of carbonyl (C=O) groups is 1. The minimum atomic E-state index is -0.0703. The molecule has 0 fully saturated rings. The molecule has 27 heavy (non-hydrogen) atoms. The molecule has 1 N–H and O–H groups in total. The molecule has 2 aromatic carbocycles. The van der Waals surface area contributed by atoms with Gasteiger partial charge in [-0.15, -0.1) is 0 Å². The summed E-state index contributed by atoms with van der Waals surface area (Å²) in [6.45, 7) is 0.475. The van der Waals surface area contributed by atoms with Crippen LogP contribution in [-0.4, -0.2) is 23.5 Å². The molecule has 0 aliphatic carbocycles. The molecule has 2 heterocycles. The van der Waals surface area contributed by atoms with E-state index in [2.05, 4.69) is 16.4 Å². The first-order valence-electron chi connectivity index (χ1n) is 8.90. The van der Waals surface area contributed by atoms with Gasteiger partial charge in [-0.25, -0.2) is 0 Å². The lowest BCUT2D eigenvalue weighted by Crippen LogP contribution is -2.35. The van der Waals surface area contributed by atoms with Gasteiger partial charge in [0.15, 0.2) is 0 Å². The van der Waals surface area contributed by atoms with Crippen LogP contribution in [0, 0.1) is 0 Å². The number of aromatic nitrogens is 1. The standard InChI is InChI=1S/C22H19ClN2O2/c23-17-9-7-15(8-10-17)12-21(26)25-14-18-13-16-4-3-5-19(22(16)27-18)20-6-1-2-11-24-20/h1-11,18H,12-14H2,(H,25,26). The largest absolute Gasteiger partial charge is 0.487 e. The lowest BCUT2D eigenvalue weighted by molar-refractivity contribution is -0.120. The summed E-state index contributed by atoms with van der Waals surface area (Å²) in [6, 6.07) is 19.2. The molecule has 1 aliphatic heterocycles. The smallest absolute Gasteiger partial charge is 0.224 e. The second-order valence-corrected chi connectivity index (χ2v) is 7.00. The van der Waals surface area contributed by atoms with E-state index in [0.29, 0.717) is 18.0 Å². The summed E-state index contributed by atoms with van der Waals surface area (Å²) in [5, 5.41) is 3.64. The van der Waals surface area contributed by atoms with Crippen LogP contribution in [-0.2, 0) is 17.6 Å². The highest BCUT2D eigenvalue weighted by Crippen LogP contribution is 2.37. The van der Waals surface area contributed by atoms with E-state index in [9.17, 15) is 4.79 Å². The number of para-hydroxylation sites is 1. The molecular formula is C22H19ClN2O2. The van der Waals surface area contributed by atoms with Gasteiger partial charge in [0.2, 0.25) is 5.91 Å². The van der Waals surface area contributed by atoms with Gasteiger partial charge >= 0.3 is 0 Å². The molecule has 136 valence electrons. The zero-order valence-corrected chi connectivity index (χ0v) is 15.4. The lowest BCUT2D eigenvalue weighted by Gasteiger charge is -2.13. The van der Waals surface area contributed by atoms with Crippen molar-refractivity contribution in [2.45, 2.75) is 18.9 Å². The van der Waals surface area contributed by atoms with E-state index in [1.807, 2.05) is 42.5 Å². The van der Waals surface area contributed by atoms with Crippen LogP contribution >= 0.6 is 11.6 Å². The van der Waals surface area contributed by atoms with Crippen molar-refractivity contribution in [2.75, 3.05) is 6.54 Å². The van der Waals surface area contributed by atoms with Gasteiger partial charge < -0.3 is 10.1 Å². The van der Waals surface area contributed by atoms with Crippen molar-refractivity contribution < 1.29 is 9.53 Å². The molecule has 4 nitrogen and oxygen atoms in total. The fraction of sp³-hybridized carbons (Fsp3) is 0.182. The number of halogens is 1. The summed E-state index contributed by atoms with van der Waals surface area (Å²) in [4.78, 5) is 16.6. The number of benzene rings is 2. The van der Waals surface area contributed by atoms with E-state index in [0.717, 1.165) is 34.6 Å². The molecule has 0 bridgehead atoms. The molecule has 0 spiro atoms. The normalized spacial score (nSPS) is 15.1. The van der Waals surface area contributed by atoms with Gasteiger partial charge in [0.25, 0.3) is 0 Å². The first kappa shape index (κ1) is 17.6. The number of ether oxygens (including phenoxy) is 1. The van der Waals surface area contributed by atoms with Crippen molar-refractivity contribution in [1.82, 2.24) is 10.3 Å². The van der Waals surface area contributed by atoms with E-state index in [1.165, 1.54) is 0 Å². The van der Waals surface area contributed by atoms with Crippen molar-refractivity contribution in [3.8, 4) is 17.0 Å². The quantitative estimate of drug-likeness (QED) is 0.728. The first-order chi connectivity index (χ1) is 13.2. The fourth-order valence-corrected chi connectivity index (χ4v) is 3.38. The van der Waals surface area contributed by atoms with Crippen LogP contribution in [0.25, 0.3) is 11.3 Å². The van der Waals surface area contributed by atoms with Crippen molar-refractivity contribution in [1.29, 1.82) is 0 Å². The molecule has 1 unspecified atom stereocenters. The van der Waals surface area contributed by atoms with Gasteiger partial charge in [0, 0.05) is 23.2 Å². The molecule has 0 saturated carbocycles. The Morgan fingerprint density at radius 2 is 1.96 bits per heavy atom. The molecule has 0 radical (unpaired) electrons. The second kappa shape index (κ2) is 7.80. The summed E-state index contributed by atoms with van der Waals surface area (Å²) in [5.41, 5.74) is 3.96. The Hall–Kier alpha value is -2.85. The van der Waals surface area contributed by atoms with Gasteiger partial charge in [0.1, 0.15) is 11.9 Å². The maximum Gasteiger partial charge on any atom is 0.224 e. The number of nitrogens with zero attached hydrogens (tertiary/aromatic N) is 1. The Labute approximate surface area is 163 Å². The SMILES string of the molecule is O=C(Cc1ccc(Cl)cc1)NCC1Cc2cccc(-c3ccccn3)c2O1. The maximum absolute atomic E-state index is 12.2. The van der Waals surface area contributed by atoms with Crippen LogP contribution in [0.3, 0.4) is 0 Å². The van der Waals surface area contributed by atoms with Gasteiger partial charge in [-0.3, -0.25) is 9.78 Å². The van der Waals surface area contributed by atoms with Crippen molar-refractivity contribution in [3.05, 3.63) is 83.0 Å². The fourth-order valence-electron chi connectivity index (χ4n) is 3.25. The third-order valence-corrected chi connectivity index (χ3v) is 4.83. The average Bonchev–Trinajstić information content (AvgIpc) is 3.12. The van der Waals surface area contributed by atoms with E-state index >= 15 is 0 Å². The second-order valence-electron chi connectivity index (χ2n) is 6.56. The number of hydrogen-bond acceptors (Lipinski definition) is 3. The highest BCUT2D eigenvalue weighted by atomic mass is 35.5. The molecule has 1 aliphatic rings.